The molecule has 0 atom stereocenters. The van der Waals surface area contributed by atoms with Crippen LogP contribution in [-0.2, 0) is 4.79 Å². The molecular weight excluding hydrogens is 292 g/mol. The first-order chi connectivity index (χ1) is 10.1. The summed E-state index contributed by atoms with van der Waals surface area (Å²) < 4.78 is 16.0. The van der Waals surface area contributed by atoms with E-state index in [0.29, 0.717) is 27.3 Å². The number of carbonyl (C=O) groups is 1. The highest BCUT2D eigenvalue weighted by molar-refractivity contribution is 8.18. The molecule has 0 bridgehead atoms. The number of aliphatic imine (C=N–C) groups is 1. The molecule has 0 spiro atoms. The number of rotatable bonds is 2. The third-order valence-corrected chi connectivity index (χ3v) is 4.36. The van der Waals surface area contributed by atoms with Crippen LogP contribution in [0.15, 0.2) is 22.0 Å². The van der Waals surface area contributed by atoms with Crippen molar-refractivity contribution in [1.29, 1.82) is 0 Å². The summed E-state index contributed by atoms with van der Waals surface area (Å²) in [6.07, 6.45) is 1.78. The van der Waals surface area contributed by atoms with Gasteiger partial charge in [0.1, 0.15) is 5.75 Å². The molecule has 0 saturated carbocycles. The summed E-state index contributed by atoms with van der Waals surface area (Å²) in [6.45, 7) is 0.196. The molecule has 6 nitrogen and oxygen atoms in total. The fourth-order valence-electron chi connectivity index (χ4n) is 2.12. The van der Waals surface area contributed by atoms with Crippen LogP contribution in [0.25, 0.3) is 6.08 Å². The Morgan fingerprint density at radius 3 is 2.71 bits per heavy atom. The number of hydrogen-bond donors (Lipinski definition) is 0. The molecule has 1 aromatic carbocycles. The molecule has 3 rings (SSSR count). The van der Waals surface area contributed by atoms with Gasteiger partial charge in [-0.2, -0.15) is 0 Å². The SMILES string of the molecule is CN=C1S/C(=C/c2cc3c(cc2OC)OCO3)C(=O)N1C. The van der Waals surface area contributed by atoms with Crippen molar-refractivity contribution >= 4 is 28.9 Å². The third kappa shape index (κ3) is 2.33. The molecule has 1 amide bonds. The van der Waals surface area contributed by atoms with Gasteiger partial charge < -0.3 is 14.2 Å². The molecule has 2 aliphatic heterocycles. The van der Waals surface area contributed by atoms with Crippen molar-refractivity contribution in [2.24, 2.45) is 4.99 Å². The highest BCUT2D eigenvalue weighted by Crippen LogP contribution is 2.40. The van der Waals surface area contributed by atoms with E-state index in [4.69, 9.17) is 14.2 Å². The van der Waals surface area contributed by atoms with Gasteiger partial charge in [-0.15, -0.1) is 0 Å². The fraction of sp³-hybridized carbons (Fsp3) is 0.286. The molecule has 0 aromatic heterocycles. The molecule has 0 N–H and O–H groups in total. The van der Waals surface area contributed by atoms with E-state index in [1.54, 1.807) is 33.3 Å². The van der Waals surface area contributed by atoms with E-state index >= 15 is 0 Å². The molecule has 0 unspecified atom stereocenters. The van der Waals surface area contributed by atoms with Crippen LogP contribution in [0.1, 0.15) is 5.56 Å². The Balaban J connectivity index is 2.02. The molecule has 1 fully saturated rings. The van der Waals surface area contributed by atoms with E-state index in [2.05, 4.69) is 4.99 Å². The van der Waals surface area contributed by atoms with Gasteiger partial charge in [0.15, 0.2) is 16.7 Å². The zero-order chi connectivity index (χ0) is 15.0. The van der Waals surface area contributed by atoms with Crippen LogP contribution in [0, 0.1) is 0 Å². The number of carbonyl (C=O) groups excluding carboxylic acids is 1. The standard InChI is InChI=1S/C14H14N2O4S/c1-15-14-16(2)13(17)12(21-14)5-8-4-10-11(20-7-19-10)6-9(8)18-3/h4-6H,7H2,1-3H3/b12-5+,15-14?. The molecule has 2 aliphatic rings. The highest BCUT2D eigenvalue weighted by Gasteiger charge is 2.30. The van der Waals surface area contributed by atoms with Crippen molar-refractivity contribution in [3.63, 3.8) is 0 Å². The van der Waals surface area contributed by atoms with Gasteiger partial charge in [-0.05, 0) is 23.9 Å². The minimum atomic E-state index is -0.0830. The number of fused-ring (bicyclic) bond motifs is 1. The second-order valence-electron chi connectivity index (χ2n) is 4.43. The van der Waals surface area contributed by atoms with Crippen molar-refractivity contribution in [1.82, 2.24) is 4.90 Å². The summed E-state index contributed by atoms with van der Waals surface area (Å²) in [6, 6.07) is 3.57. The van der Waals surface area contributed by atoms with E-state index in [1.807, 2.05) is 6.07 Å². The topological polar surface area (TPSA) is 60.4 Å². The lowest BCUT2D eigenvalue weighted by Gasteiger charge is -2.07. The third-order valence-electron chi connectivity index (χ3n) is 3.21. The largest absolute Gasteiger partial charge is 0.496 e. The number of amidine groups is 1. The van der Waals surface area contributed by atoms with Gasteiger partial charge >= 0.3 is 0 Å². The molecule has 1 saturated heterocycles. The lowest BCUT2D eigenvalue weighted by Crippen LogP contribution is -2.23. The van der Waals surface area contributed by atoms with Gasteiger partial charge in [-0.3, -0.25) is 14.7 Å². The number of amides is 1. The normalized spacial score (nSPS) is 20.7. The number of nitrogens with zero attached hydrogens (tertiary/aromatic N) is 2. The predicted octanol–water partition coefficient (Wildman–Crippen LogP) is 1.96. The number of hydrogen-bond acceptors (Lipinski definition) is 6. The molecule has 110 valence electrons. The summed E-state index contributed by atoms with van der Waals surface area (Å²) in [7, 11) is 4.94. The van der Waals surface area contributed by atoms with Gasteiger partial charge in [0.2, 0.25) is 6.79 Å². The van der Waals surface area contributed by atoms with Crippen LogP contribution >= 0.6 is 11.8 Å². The molecule has 7 heteroatoms. The van der Waals surface area contributed by atoms with Crippen molar-refractivity contribution in [2.75, 3.05) is 28.0 Å². The molecule has 2 heterocycles. The first kappa shape index (κ1) is 13.8. The minimum Gasteiger partial charge on any atom is -0.496 e. The van der Waals surface area contributed by atoms with Gasteiger partial charge in [-0.1, -0.05) is 0 Å². The maximum absolute atomic E-state index is 12.2. The predicted molar refractivity (Wildman–Crippen MR) is 80.8 cm³/mol. The van der Waals surface area contributed by atoms with E-state index in [-0.39, 0.29) is 12.7 Å². The highest BCUT2D eigenvalue weighted by atomic mass is 32.2. The molecule has 21 heavy (non-hydrogen) atoms. The monoisotopic (exact) mass is 306 g/mol. The zero-order valence-corrected chi connectivity index (χ0v) is 12.7. The summed E-state index contributed by atoms with van der Waals surface area (Å²) in [5.74, 6) is 1.84. The Kier molecular flexibility index (Phi) is 3.50. The molecule has 0 aliphatic carbocycles. The summed E-state index contributed by atoms with van der Waals surface area (Å²) in [4.78, 5) is 18.4. The quantitative estimate of drug-likeness (QED) is 0.782. The first-order valence-electron chi connectivity index (χ1n) is 6.26. The smallest absolute Gasteiger partial charge is 0.266 e. The van der Waals surface area contributed by atoms with Crippen molar-refractivity contribution < 1.29 is 19.0 Å². The van der Waals surface area contributed by atoms with Gasteiger partial charge in [0, 0.05) is 25.7 Å². The number of thioether (sulfide) groups is 1. The van der Waals surface area contributed by atoms with Crippen LogP contribution < -0.4 is 14.2 Å². The van der Waals surface area contributed by atoms with E-state index in [0.717, 1.165) is 5.56 Å². The van der Waals surface area contributed by atoms with E-state index in [9.17, 15) is 4.79 Å². The maximum Gasteiger partial charge on any atom is 0.266 e. The Bertz CT molecular complexity index is 669. The molecular formula is C14H14N2O4S. The summed E-state index contributed by atoms with van der Waals surface area (Å²) in [5, 5.41) is 0.672. The fourth-order valence-corrected chi connectivity index (χ4v) is 3.04. The van der Waals surface area contributed by atoms with Crippen molar-refractivity contribution in [2.45, 2.75) is 0 Å². The second kappa shape index (κ2) is 5.33. The van der Waals surface area contributed by atoms with Gasteiger partial charge in [-0.25, -0.2) is 0 Å². The van der Waals surface area contributed by atoms with Crippen LogP contribution in [0.4, 0.5) is 0 Å². The minimum absolute atomic E-state index is 0.0830. The van der Waals surface area contributed by atoms with Crippen LogP contribution in [0.3, 0.4) is 0 Å². The van der Waals surface area contributed by atoms with Crippen LogP contribution in [-0.4, -0.2) is 44.0 Å². The number of likely N-dealkylation sites (N-methyl/N-ethyl adjacent to an activating group) is 1. The lowest BCUT2D eigenvalue weighted by molar-refractivity contribution is -0.121. The average molecular weight is 306 g/mol. The number of benzene rings is 1. The number of ether oxygens (including phenoxy) is 3. The van der Waals surface area contributed by atoms with Gasteiger partial charge in [0.05, 0.1) is 12.0 Å². The average Bonchev–Trinajstić information content (AvgIpc) is 3.05. The molecule has 0 radical (unpaired) electrons. The molecule has 1 aromatic rings. The van der Waals surface area contributed by atoms with Crippen molar-refractivity contribution in [3.05, 3.63) is 22.6 Å². The first-order valence-corrected chi connectivity index (χ1v) is 7.07. The Hall–Kier alpha value is -2.15. The van der Waals surface area contributed by atoms with Crippen LogP contribution in [0.2, 0.25) is 0 Å². The number of methoxy groups -OCH3 is 1. The Morgan fingerprint density at radius 1 is 1.38 bits per heavy atom. The van der Waals surface area contributed by atoms with E-state index in [1.165, 1.54) is 16.7 Å². The summed E-state index contributed by atoms with van der Waals surface area (Å²) in [5.41, 5.74) is 0.767. The lowest BCUT2D eigenvalue weighted by atomic mass is 10.1. The summed E-state index contributed by atoms with van der Waals surface area (Å²) >= 11 is 1.33. The Morgan fingerprint density at radius 2 is 2.10 bits per heavy atom. The second-order valence-corrected chi connectivity index (χ2v) is 5.44. The van der Waals surface area contributed by atoms with Crippen LogP contribution in [0.5, 0.6) is 17.2 Å². The van der Waals surface area contributed by atoms with Crippen molar-refractivity contribution in [3.8, 4) is 17.2 Å². The van der Waals surface area contributed by atoms with Gasteiger partial charge in [0.25, 0.3) is 5.91 Å². The Labute approximate surface area is 126 Å². The maximum atomic E-state index is 12.2. The van der Waals surface area contributed by atoms with E-state index < -0.39 is 0 Å². The zero-order valence-electron chi connectivity index (χ0n) is 11.9.